The first-order valence-corrected chi connectivity index (χ1v) is 10.1. The SMILES string of the molecule is O=C(C1CCC1)N(Cc1cnc(C2CCCCC2)cn1)c1ccccc1F. The summed E-state index contributed by atoms with van der Waals surface area (Å²) in [4.78, 5) is 23.6. The predicted molar refractivity (Wildman–Crippen MR) is 103 cm³/mol. The molecular weight excluding hydrogens is 341 g/mol. The van der Waals surface area contributed by atoms with Gasteiger partial charge in [-0.3, -0.25) is 14.8 Å². The standard InChI is InChI=1S/C22H26FN3O/c23-19-11-4-5-12-21(19)26(22(27)17-9-6-10-17)15-18-13-25-20(14-24-18)16-7-2-1-3-8-16/h4-5,11-14,16-17H,1-3,6-10,15H2. The lowest BCUT2D eigenvalue weighted by Gasteiger charge is -2.31. The van der Waals surface area contributed by atoms with Crippen molar-refractivity contribution in [3.63, 3.8) is 0 Å². The highest BCUT2D eigenvalue weighted by Gasteiger charge is 2.31. The molecule has 5 heteroatoms. The van der Waals surface area contributed by atoms with Crippen LogP contribution in [0.4, 0.5) is 10.1 Å². The molecule has 0 spiro atoms. The molecule has 0 radical (unpaired) electrons. The number of amides is 1. The summed E-state index contributed by atoms with van der Waals surface area (Å²) >= 11 is 0. The molecule has 0 N–H and O–H groups in total. The number of carbonyl (C=O) groups excluding carboxylic acids is 1. The number of anilines is 1. The normalized spacial score (nSPS) is 18.1. The molecule has 142 valence electrons. The lowest BCUT2D eigenvalue weighted by Crippen LogP contribution is -2.39. The summed E-state index contributed by atoms with van der Waals surface area (Å²) in [6, 6.07) is 6.46. The van der Waals surface area contributed by atoms with Crippen LogP contribution in [0.15, 0.2) is 36.7 Å². The number of para-hydroxylation sites is 1. The predicted octanol–water partition coefficient (Wildman–Crippen LogP) is 5.00. The van der Waals surface area contributed by atoms with Crippen LogP contribution in [0, 0.1) is 11.7 Å². The number of carbonyl (C=O) groups is 1. The van der Waals surface area contributed by atoms with E-state index in [9.17, 15) is 9.18 Å². The fraction of sp³-hybridized carbons (Fsp3) is 0.500. The van der Waals surface area contributed by atoms with Gasteiger partial charge in [-0.25, -0.2) is 4.39 Å². The van der Waals surface area contributed by atoms with E-state index >= 15 is 0 Å². The van der Waals surface area contributed by atoms with Crippen molar-refractivity contribution >= 4 is 11.6 Å². The van der Waals surface area contributed by atoms with Crippen molar-refractivity contribution in [2.75, 3.05) is 4.90 Å². The van der Waals surface area contributed by atoms with Gasteiger partial charge < -0.3 is 4.90 Å². The molecule has 27 heavy (non-hydrogen) atoms. The summed E-state index contributed by atoms with van der Waals surface area (Å²) in [7, 11) is 0. The van der Waals surface area contributed by atoms with E-state index in [1.54, 1.807) is 29.3 Å². The molecule has 0 unspecified atom stereocenters. The highest BCUT2D eigenvalue weighted by molar-refractivity contribution is 5.95. The Bertz CT molecular complexity index is 782. The van der Waals surface area contributed by atoms with Gasteiger partial charge in [-0.15, -0.1) is 0 Å². The molecule has 0 saturated heterocycles. The van der Waals surface area contributed by atoms with E-state index < -0.39 is 0 Å². The zero-order valence-corrected chi connectivity index (χ0v) is 15.6. The third kappa shape index (κ3) is 4.02. The highest BCUT2D eigenvalue weighted by atomic mass is 19.1. The molecule has 1 amide bonds. The number of aromatic nitrogens is 2. The monoisotopic (exact) mass is 367 g/mol. The van der Waals surface area contributed by atoms with Crippen molar-refractivity contribution in [1.29, 1.82) is 0 Å². The maximum atomic E-state index is 14.4. The molecule has 1 heterocycles. The van der Waals surface area contributed by atoms with E-state index in [2.05, 4.69) is 9.97 Å². The third-order valence-corrected chi connectivity index (χ3v) is 5.93. The quantitative estimate of drug-likeness (QED) is 0.747. The van der Waals surface area contributed by atoms with Crippen molar-refractivity contribution in [1.82, 2.24) is 9.97 Å². The Hall–Kier alpha value is -2.30. The van der Waals surface area contributed by atoms with Crippen LogP contribution in [-0.2, 0) is 11.3 Å². The lowest BCUT2D eigenvalue weighted by atomic mass is 9.84. The van der Waals surface area contributed by atoms with Crippen LogP contribution in [0.25, 0.3) is 0 Å². The maximum absolute atomic E-state index is 14.4. The second kappa shape index (κ2) is 8.15. The Balaban J connectivity index is 1.54. The average Bonchev–Trinajstić information content (AvgIpc) is 2.66. The minimum Gasteiger partial charge on any atom is -0.303 e. The van der Waals surface area contributed by atoms with E-state index in [-0.39, 0.29) is 24.2 Å². The molecular formula is C22H26FN3O. The number of rotatable bonds is 5. The number of hydrogen-bond donors (Lipinski definition) is 0. The van der Waals surface area contributed by atoms with Crippen molar-refractivity contribution in [3.05, 3.63) is 53.9 Å². The molecule has 2 aliphatic carbocycles. The van der Waals surface area contributed by atoms with Gasteiger partial charge in [-0.1, -0.05) is 37.8 Å². The highest BCUT2D eigenvalue weighted by Crippen LogP contribution is 2.33. The molecule has 4 rings (SSSR count). The number of halogens is 1. The first-order chi connectivity index (χ1) is 13.2. The molecule has 2 aromatic rings. The van der Waals surface area contributed by atoms with Gasteiger partial charge in [0, 0.05) is 18.0 Å². The third-order valence-electron chi connectivity index (χ3n) is 5.93. The summed E-state index contributed by atoms with van der Waals surface area (Å²) in [6.45, 7) is 0.258. The van der Waals surface area contributed by atoms with Crippen LogP contribution in [0.2, 0.25) is 0 Å². The minimum absolute atomic E-state index is 0.000854. The number of hydrogen-bond acceptors (Lipinski definition) is 3. The van der Waals surface area contributed by atoms with Crippen molar-refractivity contribution in [2.24, 2.45) is 5.92 Å². The summed E-state index contributed by atoms with van der Waals surface area (Å²) in [6.07, 6.45) is 12.6. The van der Waals surface area contributed by atoms with Gasteiger partial charge >= 0.3 is 0 Å². The molecule has 2 aliphatic rings. The number of benzene rings is 1. The first-order valence-electron chi connectivity index (χ1n) is 10.1. The Morgan fingerprint density at radius 3 is 2.41 bits per heavy atom. The fourth-order valence-electron chi connectivity index (χ4n) is 4.05. The Morgan fingerprint density at radius 1 is 1.00 bits per heavy atom. The molecule has 4 nitrogen and oxygen atoms in total. The smallest absolute Gasteiger partial charge is 0.230 e. The van der Waals surface area contributed by atoms with Crippen molar-refractivity contribution < 1.29 is 9.18 Å². The van der Waals surface area contributed by atoms with Crippen LogP contribution >= 0.6 is 0 Å². The zero-order chi connectivity index (χ0) is 18.6. The van der Waals surface area contributed by atoms with E-state index in [4.69, 9.17) is 0 Å². The van der Waals surface area contributed by atoms with Gasteiger partial charge in [0.1, 0.15) is 5.82 Å². The van der Waals surface area contributed by atoms with Gasteiger partial charge in [-0.2, -0.15) is 0 Å². The molecule has 2 saturated carbocycles. The summed E-state index contributed by atoms with van der Waals surface area (Å²) < 4.78 is 14.4. The van der Waals surface area contributed by atoms with Crippen LogP contribution in [0.5, 0.6) is 0 Å². The van der Waals surface area contributed by atoms with E-state index in [1.165, 1.54) is 38.2 Å². The first kappa shape index (κ1) is 18.1. The minimum atomic E-state index is -0.378. The van der Waals surface area contributed by atoms with Gasteiger partial charge in [0.25, 0.3) is 0 Å². The molecule has 1 aromatic carbocycles. The average molecular weight is 367 g/mol. The second-order valence-corrected chi connectivity index (χ2v) is 7.77. The zero-order valence-electron chi connectivity index (χ0n) is 15.6. The second-order valence-electron chi connectivity index (χ2n) is 7.77. The molecule has 2 fully saturated rings. The van der Waals surface area contributed by atoms with Gasteiger partial charge in [0.15, 0.2) is 0 Å². The Morgan fingerprint density at radius 2 is 1.78 bits per heavy atom. The van der Waals surface area contributed by atoms with Crippen molar-refractivity contribution in [3.8, 4) is 0 Å². The van der Waals surface area contributed by atoms with Crippen LogP contribution in [0.3, 0.4) is 0 Å². The van der Waals surface area contributed by atoms with E-state index in [0.29, 0.717) is 17.3 Å². The maximum Gasteiger partial charge on any atom is 0.230 e. The fourth-order valence-corrected chi connectivity index (χ4v) is 4.05. The van der Waals surface area contributed by atoms with Gasteiger partial charge in [-0.05, 0) is 37.8 Å². The summed E-state index contributed by atoms with van der Waals surface area (Å²) in [5, 5.41) is 0. The lowest BCUT2D eigenvalue weighted by molar-refractivity contribution is -0.124. The Labute approximate surface area is 159 Å². The van der Waals surface area contributed by atoms with Gasteiger partial charge in [0.05, 0.1) is 29.8 Å². The largest absolute Gasteiger partial charge is 0.303 e. The molecule has 1 aromatic heterocycles. The van der Waals surface area contributed by atoms with Gasteiger partial charge in [0.2, 0.25) is 5.91 Å². The molecule has 0 atom stereocenters. The van der Waals surface area contributed by atoms with Crippen LogP contribution in [0.1, 0.15) is 68.7 Å². The molecule has 0 aliphatic heterocycles. The Kier molecular flexibility index (Phi) is 5.46. The van der Waals surface area contributed by atoms with E-state index in [0.717, 1.165) is 25.0 Å². The van der Waals surface area contributed by atoms with Crippen LogP contribution < -0.4 is 4.90 Å². The number of nitrogens with zero attached hydrogens (tertiary/aromatic N) is 3. The summed E-state index contributed by atoms with van der Waals surface area (Å²) in [5.41, 5.74) is 2.07. The van der Waals surface area contributed by atoms with Crippen LogP contribution in [-0.4, -0.2) is 15.9 Å². The topological polar surface area (TPSA) is 46.1 Å². The summed E-state index contributed by atoms with van der Waals surface area (Å²) in [5.74, 6) is 0.111. The molecule has 0 bridgehead atoms. The van der Waals surface area contributed by atoms with E-state index in [1.807, 2.05) is 6.20 Å². The van der Waals surface area contributed by atoms with Crippen molar-refractivity contribution in [2.45, 2.75) is 63.8 Å².